The van der Waals surface area contributed by atoms with Crippen LogP contribution in [0.5, 0.6) is 5.75 Å². The van der Waals surface area contributed by atoms with Gasteiger partial charge in [0.05, 0.1) is 25.6 Å². The number of carbonyl (C=O) groups excluding carboxylic acids is 2. The van der Waals surface area contributed by atoms with Crippen molar-refractivity contribution in [3.05, 3.63) is 77.2 Å². The molecule has 1 heterocycles. The summed E-state index contributed by atoms with van der Waals surface area (Å²) in [4.78, 5) is 28.2. The maximum atomic E-state index is 11.9. The van der Waals surface area contributed by atoms with Crippen LogP contribution in [0.15, 0.2) is 70.1 Å². The van der Waals surface area contributed by atoms with Crippen LogP contribution in [0.1, 0.15) is 11.5 Å². The lowest BCUT2D eigenvalue weighted by molar-refractivity contribution is -0.136. The summed E-state index contributed by atoms with van der Waals surface area (Å²) in [5.41, 5.74) is 1.15. The normalized spacial score (nSPS) is 10.7. The first-order valence-electron chi connectivity index (χ1n) is 8.65. The zero-order valence-corrected chi connectivity index (χ0v) is 16.3. The van der Waals surface area contributed by atoms with Gasteiger partial charge in [0, 0.05) is 16.8 Å². The van der Waals surface area contributed by atoms with Gasteiger partial charge in [0.2, 0.25) is 0 Å². The van der Waals surface area contributed by atoms with Crippen molar-refractivity contribution in [2.45, 2.75) is 6.54 Å². The van der Waals surface area contributed by atoms with Crippen molar-refractivity contribution in [3.8, 4) is 5.75 Å². The van der Waals surface area contributed by atoms with Gasteiger partial charge in [-0.1, -0.05) is 23.7 Å². The van der Waals surface area contributed by atoms with Gasteiger partial charge >= 0.3 is 11.8 Å². The Labute approximate surface area is 172 Å². The molecule has 0 unspecified atom stereocenters. The highest BCUT2D eigenvalue weighted by molar-refractivity contribution is 6.39. The SMILES string of the molecule is COc1cccc(N=Cc2ccc(CNC(=O)C(=O)Nc3cccc(Cl)c3)o2)c1. The fourth-order valence-electron chi connectivity index (χ4n) is 2.39. The molecule has 0 atom stereocenters. The van der Waals surface area contributed by atoms with Crippen LogP contribution in [0.25, 0.3) is 0 Å². The second-order valence-electron chi connectivity index (χ2n) is 5.91. The molecule has 0 spiro atoms. The fourth-order valence-corrected chi connectivity index (χ4v) is 2.58. The molecule has 3 rings (SSSR count). The van der Waals surface area contributed by atoms with Crippen molar-refractivity contribution < 1.29 is 18.7 Å². The third-order valence-corrected chi connectivity index (χ3v) is 4.02. The molecule has 0 radical (unpaired) electrons. The maximum absolute atomic E-state index is 11.9. The number of hydrogen-bond donors (Lipinski definition) is 2. The van der Waals surface area contributed by atoms with E-state index < -0.39 is 11.8 Å². The summed E-state index contributed by atoms with van der Waals surface area (Å²) in [5.74, 6) is 0.131. The van der Waals surface area contributed by atoms with Gasteiger partial charge in [0.25, 0.3) is 0 Å². The van der Waals surface area contributed by atoms with Crippen molar-refractivity contribution in [2.24, 2.45) is 4.99 Å². The second kappa shape index (κ2) is 9.57. The van der Waals surface area contributed by atoms with E-state index in [1.807, 2.05) is 18.2 Å². The molecule has 0 bridgehead atoms. The summed E-state index contributed by atoms with van der Waals surface area (Å²) in [5, 5.41) is 5.43. The molecule has 148 valence electrons. The molecule has 8 heteroatoms. The number of methoxy groups -OCH3 is 1. The minimum Gasteiger partial charge on any atom is -0.497 e. The van der Waals surface area contributed by atoms with E-state index in [0.717, 1.165) is 0 Å². The van der Waals surface area contributed by atoms with Crippen LogP contribution in [0.4, 0.5) is 11.4 Å². The van der Waals surface area contributed by atoms with Crippen LogP contribution in [-0.2, 0) is 16.1 Å². The zero-order valence-electron chi connectivity index (χ0n) is 15.5. The number of benzene rings is 2. The van der Waals surface area contributed by atoms with Crippen molar-refractivity contribution in [1.29, 1.82) is 0 Å². The van der Waals surface area contributed by atoms with Gasteiger partial charge in [-0.25, -0.2) is 0 Å². The quantitative estimate of drug-likeness (QED) is 0.474. The van der Waals surface area contributed by atoms with Crippen LogP contribution in [0.3, 0.4) is 0 Å². The van der Waals surface area contributed by atoms with Crippen LogP contribution >= 0.6 is 11.6 Å². The summed E-state index contributed by atoms with van der Waals surface area (Å²) in [6.45, 7) is 0.0643. The van der Waals surface area contributed by atoms with E-state index in [4.69, 9.17) is 20.8 Å². The minimum absolute atomic E-state index is 0.0643. The molecule has 3 aromatic rings. The molecule has 0 fully saturated rings. The predicted molar refractivity (Wildman–Crippen MR) is 111 cm³/mol. The van der Waals surface area contributed by atoms with Crippen LogP contribution in [-0.4, -0.2) is 25.1 Å². The second-order valence-corrected chi connectivity index (χ2v) is 6.35. The average Bonchev–Trinajstić information content (AvgIpc) is 3.18. The standard InChI is InChI=1S/C21H18ClN3O4/c1-28-17-7-3-5-15(11-17)23-12-18-8-9-19(29-18)13-24-20(26)21(27)25-16-6-2-4-14(22)10-16/h2-12H,13H2,1H3,(H,24,26)(H,25,27). The molecule has 2 N–H and O–H groups in total. The summed E-state index contributed by atoms with van der Waals surface area (Å²) in [7, 11) is 1.59. The van der Waals surface area contributed by atoms with Crippen molar-refractivity contribution in [1.82, 2.24) is 5.32 Å². The average molecular weight is 412 g/mol. The number of halogens is 1. The zero-order chi connectivity index (χ0) is 20.6. The topological polar surface area (TPSA) is 92.9 Å². The van der Waals surface area contributed by atoms with Crippen LogP contribution in [0, 0.1) is 0 Å². The molecule has 0 aliphatic carbocycles. The molecule has 2 amide bonds. The highest BCUT2D eigenvalue weighted by Gasteiger charge is 2.14. The Balaban J connectivity index is 1.52. The van der Waals surface area contributed by atoms with E-state index >= 15 is 0 Å². The molecule has 0 aliphatic rings. The highest BCUT2D eigenvalue weighted by atomic mass is 35.5. The summed E-state index contributed by atoms with van der Waals surface area (Å²) >= 11 is 5.85. The number of rotatable bonds is 6. The Kier molecular flexibility index (Phi) is 6.65. The lowest BCUT2D eigenvalue weighted by Gasteiger charge is -2.05. The number of hydrogen-bond acceptors (Lipinski definition) is 5. The highest BCUT2D eigenvalue weighted by Crippen LogP contribution is 2.19. The van der Waals surface area contributed by atoms with Gasteiger partial charge in [0.1, 0.15) is 17.3 Å². The van der Waals surface area contributed by atoms with Gasteiger partial charge in [-0.15, -0.1) is 0 Å². The van der Waals surface area contributed by atoms with Crippen molar-refractivity contribution in [2.75, 3.05) is 12.4 Å². The first kappa shape index (κ1) is 20.2. The van der Waals surface area contributed by atoms with E-state index in [1.54, 1.807) is 55.8 Å². The Hall–Kier alpha value is -3.58. The van der Waals surface area contributed by atoms with Gasteiger partial charge in [0.15, 0.2) is 0 Å². The summed E-state index contributed by atoms with van der Waals surface area (Å²) < 4.78 is 10.7. The summed E-state index contributed by atoms with van der Waals surface area (Å²) in [6, 6.07) is 17.2. The van der Waals surface area contributed by atoms with E-state index in [9.17, 15) is 9.59 Å². The van der Waals surface area contributed by atoms with Gasteiger partial charge < -0.3 is 19.8 Å². The molecule has 29 heavy (non-hydrogen) atoms. The summed E-state index contributed by atoms with van der Waals surface area (Å²) in [6.07, 6.45) is 1.56. The molecular formula is C21H18ClN3O4. The van der Waals surface area contributed by atoms with Gasteiger partial charge in [-0.05, 0) is 42.5 Å². The lowest BCUT2D eigenvalue weighted by Crippen LogP contribution is -2.34. The molecule has 2 aromatic carbocycles. The number of nitrogens with one attached hydrogen (secondary N) is 2. The van der Waals surface area contributed by atoms with Crippen LogP contribution in [0.2, 0.25) is 5.02 Å². The van der Waals surface area contributed by atoms with E-state index in [1.165, 1.54) is 0 Å². The van der Waals surface area contributed by atoms with Crippen molar-refractivity contribution in [3.63, 3.8) is 0 Å². The first-order valence-corrected chi connectivity index (χ1v) is 9.03. The molecule has 0 saturated heterocycles. The number of carbonyl (C=O) groups is 2. The number of ether oxygens (including phenoxy) is 1. The Morgan fingerprint density at radius 2 is 1.93 bits per heavy atom. The fraction of sp³-hybridized carbons (Fsp3) is 0.0952. The smallest absolute Gasteiger partial charge is 0.313 e. The molecule has 0 saturated carbocycles. The molecule has 7 nitrogen and oxygen atoms in total. The van der Waals surface area contributed by atoms with Crippen molar-refractivity contribution >= 4 is 41.0 Å². The predicted octanol–water partition coefficient (Wildman–Crippen LogP) is 3.95. The van der Waals surface area contributed by atoms with Gasteiger partial charge in [-0.3, -0.25) is 14.6 Å². The number of amides is 2. The molecule has 1 aromatic heterocycles. The Morgan fingerprint density at radius 3 is 2.72 bits per heavy atom. The Morgan fingerprint density at radius 1 is 1.10 bits per heavy atom. The third-order valence-electron chi connectivity index (χ3n) is 3.79. The number of furan rings is 1. The monoisotopic (exact) mass is 411 g/mol. The largest absolute Gasteiger partial charge is 0.497 e. The number of anilines is 1. The lowest BCUT2D eigenvalue weighted by atomic mass is 10.3. The third kappa shape index (κ3) is 5.95. The Bertz CT molecular complexity index is 1050. The van der Waals surface area contributed by atoms with Gasteiger partial charge in [-0.2, -0.15) is 0 Å². The van der Waals surface area contributed by atoms with Crippen LogP contribution < -0.4 is 15.4 Å². The molecule has 0 aliphatic heterocycles. The number of aliphatic imine (C=N–C) groups is 1. The first-order chi connectivity index (χ1) is 14.0. The van der Waals surface area contributed by atoms with E-state index in [2.05, 4.69) is 15.6 Å². The minimum atomic E-state index is -0.793. The maximum Gasteiger partial charge on any atom is 0.313 e. The molecular weight excluding hydrogens is 394 g/mol. The van der Waals surface area contributed by atoms with E-state index in [-0.39, 0.29) is 6.54 Å². The number of nitrogens with zero attached hydrogens (tertiary/aromatic N) is 1. The van der Waals surface area contributed by atoms with E-state index in [0.29, 0.717) is 33.7 Å².